The lowest BCUT2D eigenvalue weighted by Gasteiger charge is -2.02. The van der Waals surface area contributed by atoms with E-state index in [1.165, 1.54) is 12.2 Å². The Bertz CT molecular complexity index is 189. The van der Waals surface area contributed by atoms with Gasteiger partial charge in [-0.25, -0.2) is 17.1 Å². The average Bonchev–Trinajstić information content (AvgIpc) is 1.97. The Hall–Kier alpha value is -0.783. The van der Waals surface area contributed by atoms with Gasteiger partial charge >= 0.3 is 15.0 Å². The van der Waals surface area contributed by atoms with Crippen LogP contribution in [0.5, 0.6) is 0 Å². The molecule has 0 spiro atoms. The van der Waals surface area contributed by atoms with Gasteiger partial charge in [0.05, 0.1) is 6.61 Å². The molecule has 0 aromatic heterocycles. The van der Waals surface area contributed by atoms with E-state index in [2.05, 4.69) is 4.74 Å². The Morgan fingerprint density at radius 3 is 2.54 bits per heavy atom. The first kappa shape index (κ1) is 12.2. The molecule has 0 unspecified atom stereocenters. The van der Waals surface area contributed by atoms with Crippen molar-refractivity contribution in [2.75, 3.05) is 6.61 Å². The zero-order valence-corrected chi connectivity index (χ0v) is 8.23. The van der Waals surface area contributed by atoms with Crippen LogP contribution in [0.2, 0.25) is 6.04 Å². The lowest BCUT2D eigenvalue weighted by atomic mass is 10.5. The number of hydrogen-bond donors (Lipinski definition) is 0. The molecule has 0 aromatic rings. The Labute approximate surface area is 75.9 Å². The predicted octanol–water partition coefficient (Wildman–Crippen LogP) is 2.34. The van der Waals surface area contributed by atoms with Gasteiger partial charge in [0.15, 0.2) is 0 Å². The van der Waals surface area contributed by atoms with E-state index in [9.17, 15) is 17.1 Å². The molecule has 0 aliphatic heterocycles. The summed E-state index contributed by atoms with van der Waals surface area (Å²) in [7, 11) is -5.46. The second-order valence-corrected chi connectivity index (χ2v) is 4.12. The Morgan fingerprint density at radius 2 is 2.08 bits per heavy atom. The summed E-state index contributed by atoms with van der Waals surface area (Å²) in [5.41, 5.74) is 0. The predicted molar refractivity (Wildman–Crippen MR) is 44.3 cm³/mol. The lowest BCUT2D eigenvalue weighted by molar-refractivity contribution is -0.137. The van der Waals surface area contributed by atoms with E-state index in [-0.39, 0.29) is 13.0 Å². The van der Waals surface area contributed by atoms with Crippen LogP contribution in [-0.2, 0) is 9.53 Å². The second kappa shape index (κ2) is 5.79. The van der Waals surface area contributed by atoms with E-state index in [1.807, 2.05) is 0 Å². The molecule has 0 radical (unpaired) electrons. The largest absolute Gasteiger partial charge is 0.616 e. The van der Waals surface area contributed by atoms with Crippen molar-refractivity contribution >= 4 is 15.0 Å². The second-order valence-electron chi connectivity index (χ2n) is 2.39. The van der Waals surface area contributed by atoms with Crippen molar-refractivity contribution in [3.05, 3.63) is 12.2 Å². The lowest BCUT2D eigenvalue weighted by Crippen LogP contribution is -2.15. The van der Waals surface area contributed by atoms with Crippen molar-refractivity contribution in [2.45, 2.75) is 19.4 Å². The van der Waals surface area contributed by atoms with E-state index in [1.54, 1.807) is 6.92 Å². The highest BCUT2D eigenvalue weighted by Crippen LogP contribution is 2.16. The van der Waals surface area contributed by atoms with Crippen LogP contribution >= 0.6 is 0 Å². The molecule has 0 aromatic carbocycles. The van der Waals surface area contributed by atoms with Crippen molar-refractivity contribution in [1.82, 2.24) is 0 Å². The third kappa shape index (κ3) is 9.13. The number of esters is 1. The van der Waals surface area contributed by atoms with Crippen molar-refractivity contribution in [3.8, 4) is 0 Å². The van der Waals surface area contributed by atoms with Crippen LogP contribution in [0.3, 0.4) is 0 Å². The summed E-state index contributed by atoms with van der Waals surface area (Å²) in [6.07, 6.45) is 2.52. The van der Waals surface area contributed by atoms with Gasteiger partial charge < -0.3 is 4.74 Å². The zero-order valence-electron chi connectivity index (χ0n) is 7.23. The summed E-state index contributed by atoms with van der Waals surface area (Å²) in [6, 6.07) is -0.782. The minimum atomic E-state index is -5.46. The van der Waals surface area contributed by atoms with Crippen LogP contribution in [0.4, 0.5) is 12.3 Å². The summed E-state index contributed by atoms with van der Waals surface area (Å²) in [4.78, 5) is 10.6. The van der Waals surface area contributed by atoms with Crippen molar-refractivity contribution in [1.29, 1.82) is 0 Å². The van der Waals surface area contributed by atoms with Gasteiger partial charge in [-0.15, -0.1) is 0 Å². The Morgan fingerprint density at radius 1 is 1.46 bits per heavy atom. The van der Waals surface area contributed by atoms with Gasteiger partial charge in [0.2, 0.25) is 0 Å². The third-order valence-electron chi connectivity index (χ3n) is 1.15. The minimum absolute atomic E-state index is 0.126. The van der Waals surface area contributed by atoms with E-state index >= 15 is 0 Å². The third-order valence-corrected chi connectivity index (χ3v) is 2.07. The first-order chi connectivity index (χ1) is 5.95. The SMILES string of the molecule is CC=CC(=O)OCCC[Si](F)(F)F. The number of carbonyl (C=O) groups is 1. The fraction of sp³-hybridized carbons (Fsp3) is 0.571. The van der Waals surface area contributed by atoms with E-state index in [0.29, 0.717) is 0 Å². The molecule has 0 amide bonds. The molecule has 13 heavy (non-hydrogen) atoms. The fourth-order valence-corrected chi connectivity index (χ4v) is 1.17. The average molecular weight is 212 g/mol. The number of allylic oxidation sites excluding steroid dienone is 1. The first-order valence-electron chi connectivity index (χ1n) is 3.82. The van der Waals surface area contributed by atoms with Crippen LogP contribution in [0.1, 0.15) is 13.3 Å². The molecule has 0 aliphatic rings. The van der Waals surface area contributed by atoms with Gasteiger partial charge in [0.25, 0.3) is 0 Å². The molecule has 0 aliphatic carbocycles. The molecular formula is C7H11F3O2Si. The Kier molecular flexibility index (Phi) is 5.44. The standard InChI is InChI=1S/C7H11F3O2Si/c1-2-4-7(11)12-5-3-6-13(8,9)10/h2,4H,3,5-6H2,1H3. The number of carbonyl (C=O) groups excluding carboxylic acids is 1. The number of halogens is 3. The van der Waals surface area contributed by atoms with E-state index in [0.717, 1.165) is 0 Å². The maximum absolute atomic E-state index is 11.7. The van der Waals surface area contributed by atoms with Gasteiger partial charge in [-0.2, -0.15) is 0 Å². The van der Waals surface area contributed by atoms with Gasteiger partial charge in [-0.1, -0.05) is 6.08 Å². The van der Waals surface area contributed by atoms with Crippen LogP contribution in [0.25, 0.3) is 0 Å². The first-order valence-corrected chi connectivity index (χ1v) is 5.66. The van der Waals surface area contributed by atoms with Gasteiger partial charge in [-0.05, 0) is 13.3 Å². The highest BCUT2D eigenvalue weighted by atomic mass is 28.5. The molecule has 0 saturated carbocycles. The molecule has 0 atom stereocenters. The topological polar surface area (TPSA) is 26.3 Å². The van der Waals surface area contributed by atoms with Crippen LogP contribution in [0.15, 0.2) is 12.2 Å². The number of rotatable bonds is 5. The maximum atomic E-state index is 11.7. The summed E-state index contributed by atoms with van der Waals surface area (Å²) < 4.78 is 39.6. The van der Waals surface area contributed by atoms with E-state index < -0.39 is 21.1 Å². The van der Waals surface area contributed by atoms with E-state index in [4.69, 9.17) is 0 Å². The zero-order chi connectivity index (χ0) is 10.3. The number of hydrogen-bond acceptors (Lipinski definition) is 2. The van der Waals surface area contributed by atoms with Gasteiger partial charge in [-0.3, -0.25) is 0 Å². The molecule has 0 bridgehead atoms. The van der Waals surface area contributed by atoms with Crippen LogP contribution in [-0.4, -0.2) is 21.7 Å². The molecule has 0 saturated heterocycles. The molecule has 76 valence electrons. The minimum Gasteiger partial charge on any atom is -0.463 e. The maximum Gasteiger partial charge on any atom is 0.616 e. The molecule has 0 rings (SSSR count). The molecule has 6 heteroatoms. The number of ether oxygens (including phenoxy) is 1. The molecule has 0 heterocycles. The highest BCUT2D eigenvalue weighted by molar-refractivity contribution is 6.58. The van der Waals surface area contributed by atoms with Crippen molar-refractivity contribution in [2.24, 2.45) is 0 Å². The highest BCUT2D eigenvalue weighted by Gasteiger charge is 2.35. The normalized spacial score (nSPS) is 12.0. The van der Waals surface area contributed by atoms with Crippen LogP contribution in [0, 0.1) is 0 Å². The Balaban J connectivity index is 3.41. The van der Waals surface area contributed by atoms with Gasteiger partial charge in [0, 0.05) is 12.1 Å². The molecule has 0 N–H and O–H groups in total. The van der Waals surface area contributed by atoms with Crippen molar-refractivity contribution < 1.29 is 21.9 Å². The monoisotopic (exact) mass is 212 g/mol. The smallest absolute Gasteiger partial charge is 0.463 e. The molecule has 0 fully saturated rings. The fourth-order valence-electron chi connectivity index (χ4n) is 0.630. The summed E-state index contributed by atoms with van der Waals surface area (Å²) in [5.74, 6) is -0.591. The summed E-state index contributed by atoms with van der Waals surface area (Å²) in [6.45, 7) is 1.47. The van der Waals surface area contributed by atoms with Crippen LogP contribution < -0.4 is 0 Å². The van der Waals surface area contributed by atoms with Gasteiger partial charge in [0.1, 0.15) is 0 Å². The summed E-state index contributed by atoms with van der Waals surface area (Å²) in [5, 5.41) is 0. The molecule has 2 nitrogen and oxygen atoms in total. The quantitative estimate of drug-likeness (QED) is 0.230. The van der Waals surface area contributed by atoms with Crippen molar-refractivity contribution in [3.63, 3.8) is 0 Å². The molecular weight excluding hydrogens is 201 g/mol. The summed E-state index contributed by atoms with van der Waals surface area (Å²) >= 11 is 0.